The van der Waals surface area contributed by atoms with Gasteiger partial charge in [-0.15, -0.1) is 0 Å². The number of rotatable bonds is 2. The maximum Gasteiger partial charge on any atom is 0.222 e. The first-order chi connectivity index (χ1) is 10.2. The molecule has 0 aromatic heterocycles. The van der Waals surface area contributed by atoms with Gasteiger partial charge in [0.25, 0.3) is 0 Å². The predicted octanol–water partition coefficient (Wildman–Crippen LogP) is 2.23. The molecule has 1 aliphatic heterocycles. The highest BCUT2D eigenvalue weighted by atomic mass is 16.3. The van der Waals surface area contributed by atoms with Crippen molar-refractivity contribution in [2.45, 2.75) is 38.1 Å². The van der Waals surface area contributed by atoms with E-state index in [1.807, 2.05) is 6.07 Å². The molecule has 4 heteroatoms. The summed E-state index contributed by atoms with van der Waals surface area (Å²) in [6.45, 7) is 1.94. The molecule has 3 rings (SSSR count). The van der Waals surface area contributed by atoms with E-state index in [0.29, 0.717) is 11.8 Å². The molecular formula is C17H24N2O2. The minimum absolute atomic E-state index is 0.165. The molecule has 1 saturated heterocycles. The lowest BCUT2D eigenvalue weighted by Crippen LogP contribution is -2.42. The maximum absolute atomic E-state index is 11.7. The van der Waals surface area contributed by atoms with Crippen LogP contribution in [0.15, 0.2) is 18.2 Å². The van der Waals surface area contributed by atoms with E-state index in [1.54, 1.807) is 13.1 Å². The number of likely N-dealkylation sites (tertiary alicyclic amines) is 1. The van der Waals surface area contributed by atoms with Gasteiger partial charge in [0.2, 0.25) is 5.91 Å². The standard InChI is InChI=1S/C17H24N2O2/c1-18-17(21)12-8-10-19(11-9-12)15-6-2-5-14-13(15)4-3-7-16(14)20/h3-4,7,12,15,20H,2,5-6,8-11H2,1H3,(H,18,21). The summed E-state index contributed by atoms with van der Waals surface area (Å²) in [4.78, 5) is 14.2. The van der Waals surface area contributed by atoms with Crippen LogP contribution in [0.4, 0.5) is 0 Å². The molecule has 0 saturated carbocycles. The van der Waals surface area contributed by atoms with Crippen molar-refractivity contribution in [2.24, 2.45) is 5.92 Å². The van der Waals surface area contributed by atoms with Crippen LogP contribution in [-0.2, 0) is 11.2 Å². The van der Waals surface area contributed by atoms with Crippen molar-refractivity contribution in [1.29, 1.82) is 0 Å². The van der Waals surface area contributed by atoms with Gasteiger partial charge in [0.1, 0.15) is 5.75 Å². The lowest BCUT2D eigenvalue weighted by Gasteiger charge is -2.40. The van der Waals surface area contributed by atoms with Crippen LogP contribution < -0.4 is 5.32 Å². The van der Waals surface area contributed by atoms with E-state index in [0.717, 1.165) is 50.8 Å². The van der Waals surface area contributed by atoms with Crippen LogP contribution >= 0.6 is 0 Å². The molecule has 0 spiro atoms. The van der Waals surface area contributed by atoms with Gasteiger partial charge in [-0.1, -0.05) is 12.1 Å². The summed E-state index contributed by atoms with van der Waals surface area (Å²) in [6.07, 6.45) is 5.13. The quantitative estimate of drug-likeness (QED) is 0.877. The molecule has 4 nitrogen and oxygen atoms in total. The van der Waals surface area contributed by atoms with Crippen molar-refractivity contribution >= 4 is 5.91 Å². The van der Waals surface area contributed by atoms with E-state index in [2.05, 4.69) is 16.3 Å². The van der Waals surface area contributed by atoms with E-state index in [1.165, 1.54) is 5.56 Å². The second-order valence-electron chi connectivity index (χ2n) is 6.18. The SMILES string of the molecule is CNC(=O)C1CCN(C2CCCc3c(O)cccc32)CC1. The van der Waals surface area contributed by atoms with Gasteiger partial charge in [0.05, 0.1) is 0 Å². The largest absolute Gasteiger partial charge is 0.508 e. The van der Waals surface area contributed by atoms with E-state index in [-0.39, 0.29) is 11.8 Å². The first-order valence-corrected chi connectivity index (χ1v) is 7.97. The number of benzene rings is 1. The predicted molar refractivity (Wildman–Crippen MR) is 82.1 cm³/mol. The number of hydrogen-bond donors (Lipinski definition) is 2. The number of piperidine rings is 1. The monoisotopic (exact) mass is 288 g/mol. The highest BCUT2D eigenvalue weighted by molar-refractivity contribution is 5.78. The average molecular weight is 288 g/mol. The lowest BCUT2D eigenvalue weighted by atomic mass is 9.84. The Balaban J connectivity index is 1.73. The van der Waals surface area contributed by atoms with Gasteiger partial charge in [-0.3, -0.25) is 9.69 Å². The van der Waals surface area contributed by atoms with E-state index in [9.17, 15) is 9.90 Å². The smallest absolute Gasteiger partial charge is 0.222 e. The molecule has 2 aliphatic rings. The molecule has 21 heavy (non-hydrogen) atoms. The highest BCUT2D eigenvalue weighted by Gasteiger charge is 2.31. The zero-order valence-electron chi connectivity index (χ0n) is 12.6. The van der Waals surface area contributed by atoms with Crippen molar-refractivity contribution in [1.82, 2.24) is 10.2 Å². The number of amides is 1. The average Bonchev–Trinajstić information content (AvgIpc) is 2.54. The summed E-state index contributed by atoms with van der Waals surface area (Å²) in [7, 11) is 1.72. The Kier molecular flexibility index (Phi) is 4.15. The van der Waals surface area contributed by atoms with Crippen LogP contribution in [0.25, 0.3) is 0 Å². The van der Waals surface area contributed by atoms with E-state index < -0.39 is 0 Å². The number of hydrogen-bond acceptors (Lipinski definition) is 3. The van der Waals surface area contributed by atoms with Crippen LogP contribution in [0.3, 0.4) is 0 Å². The zero-order valence-corrected chi connectivity index (χ0v) is 12.6. The van der Waals surface area contributed by atoms with Crippen LogP contribution in [0.2, 0.25) is 0 Å². The third kappa shape index (κ3) is 2.77. The van der Waals surface area contributed by atoms with Crippen molar-refractivity contribution in [3.8, 4) is 5.75 Å². The normalized spacial score (nSPS) is 23.6. The summed E-state index contributed by atoms with van der Waals surface area (Å²) >= 11 is 0. The summed E-state index contributed by atoms with van der Waals surface area (Å²) < 4.78 is 0. The summed E-state index contributed by atoms with van der Waals surface area (Å²) in [5, 5.41) is 12.8. The molecule has 0 bridgehead atoms. The van der Waals surface area contributed by atoms with Crippen LogP contribution in [0, 0.1) is 5.92 Å². The molecule has 1 aromatic carbocycles. The molecule has 114 valence electrons. The van der Waals surface area contributed by atoms with E-state index >= 15 is 0 Å². The second-order valence-corrected chi connectivity index (χ2v) is 6.18. The number of fused-ring (bicyclic) bond motifs is 1. The van der Waals surface area contributed by atoms with Gasteiger partial charge in [-0.05, 0) is 62.4 Å². The van der Waals surface area contributed by atoms with Gasteiger partial charge in [0.15, 0.2) is 0 Å². The third-order valence-electron chi connectivity index (χ3n) is 5.04. The minimum atomic E-state index is 0.165. The summed E-state index contributed by atoms with van der Waals surface area (Å²) in [5.74, 6) is 0.785. The first-order valence-electron chi connectivity index (χ1n) is 7.97. The van der Waals surface area contributed by atoms with Gasteiger partial charge in [0, 0.05) is 19.0 Å². The Bertz CT molecular complexity index is 522. The number of carbonyl (C=O) groups is 1. The Labute approximate surface area is 126 Å². The number of phenols is 1. The topological polar surface area (TPSA) is 52.6 Å². The molecule has 1 aromatic rings. The summed E-state index contributed by atoms with van der Waals surface area (Å²) in [5.41, 5.74) is 2.42. The van der Waals surface area contributed by atoms with Gasteiger partial charge < -0.3 is 10.4 Å². The lowest BCUT2D eigenvalue weighted by molar-refractivity contribution is -0.126. The van der Waals surface area contributed by atoms with Crippen molar-refractivity contribution in [3.05, 3.63) is 29.3 Å². The third-order valence-corrected chi connectivity index (χ3v) is 5.04. The van der Waals surface area contributed by atoms with Crippen LogP contribution in [-0.4, -0.2) is 36.1 Å². The van der Waals surface area contributed by atoms with Crippen molar-refractivity contribution in [3.63, 3.8) is 0 Å². The second kappa shape index (κ2) is 6.06. The number of nitrogens with zero attached hydrogens (tertiary/aromatic N) is 1. The fourth-order valence-corrected chi connectivity index (χ4v) is 3.86. The van der Waals surface area contributed by atoms with Gasteiger partial charge in [-0.2, -0.15) is 0 Å². The van der Waals surface area contributed by atoms with Crippen molar-refractivity contribution in [2.75, 3.05) is 20.1 Å². The fraction of sp³-hybridized carbons (Fsp3) is 0.588. The number of carbonyl (C=O) groups excluding carboxylic acids is 1. The van der Waals surface area contributed by atoms with Crippen LogP contribution in [0.5, 0.6) is 5.75 Å². The highest BCUT2D eigenvalue weighted by Crippen LogP contribution is 2.39. The van der Waals surface area contributed by atoms with Crippen LogP contribution in [0.1, 0.15) is 42.9 Å². The molecule has 0 radical (unpaired) electrons. The molecule has 1 aliphatic carbocycles. The number of phenolic OH excluding ortho intramolecular Hbond substituents is 1. The number of nitrogens with one attached hydrogen (secondary N) is 1. The Hall–Kier alpha value is -1.55. The zero-order chi connectivity index (χ0) is 14.8. The Morgan fingerprint density at radius 1 is 1.29 bits per heavy atom. The maximum atomic E-state index is 11.7. The van der Waals surface area contributed by atoms with Gasteiger partial charge >= 0.3 is 0 Å². The molecular weight excluding hydrogens is 264 g/mol. The minimum Gasteiger partial charge on any atom is -0.508 e. The molecule has 1 atom stereocenters. The van der Waals surface area contributed by atoms with E-state index in [4.69, 9.17) is 0 Å². The molecule has 1 amide bonds. The molecule has 1 unspecified atom stereocenters. The summed E-state index contributed by atoms with van der Waals surface area (Å²) in [6, 6.07) is 6.30. The molecule has 2 N–H and O–H groups in total. The molecule has 1 fully saturated rings. The van der Waals surface area contributed by atoms with Crippen molar-refractivity contribution < 1.29 is 9.90 Å². The Morgan fingerprint density at radius 2 is 2.05 bits per heavy atom. The fourth-order valence-electron chi connectivity index (χ4n) is 3.86. The Morgan fingerprint density at radius 3 is 2.76 bits per heavy atom. The first kappa shape index (κ1) is 14.4. The number of aromatic hydroxyl groups is 1. The molecule has 1 heterocycles. The van der Waals surface area contributed by atoms with Gasteiger partial charge in [-0.25, -0.2) is 0 Å².